The van der Waals surface area contributed by atoms with Gasteiger partial charge < -0.3 is 4.74 Å². The highest BCUT2D eigenvalue weighted by Crippen LogP contribution is 2.07. The molecule has 4 heteroatoms. The van der Waals surface area contributed by atoms with Crippen molar-refractivity contribution < 1.29 is 4.74 Å². The maximum atomic E-state index is 5.76. The van der Waals surface area contributed by atoms with Crippen LogP contribution in [0, 0.1) is 0 Å². The van der Waals surface area contributed by atoms with E-state index in [-0.39, 0.29) is 0 Å². The fraction of sp³-hybridized carbons (Fsp3) is 0.846. The molecule has 0 bridgehead atoms. The van der Waals surface area contributed by atoms with E-state index in [4.69, 9.17) is 4.74 Å². The second kappa shape index (κ2) is 11.0. The molecule has 0 rings (SSSR count). The third-order valence-corrected chi connectivity index (χ3v) is 3.66. The van der Waals surface area contributed by atoms with Gasteiger partial charge in [0.25, 0.3) is 0 Å². The van der Waals surface area contributed by atoms with Gasteiger partial charge in [-0.25, -0.2) is 0 Å². The van der Waals surface area contributed by atoms with E-state index in [9.17, 15) is 0 Å². The smallest absolute Gasteiger partial charge is 0.0863 e. The molecule has 0 saturated heterocycles. The van der Waals surface area contributed by atoms with Crippen LogP contribution in [0.2, 0.25) is 0 Å². The van der Waals surface area contributed by atoms with Crippen LogP contribution in [0.4, 0.5) is 0 Å². The third kappa shape index (κ3) is 6.36. The van der Waals surface area contributed by atoms with Crippen molar-refractivity contribution in [2.75, 3.05) is 39.4 Å². The number of hydrogen-bond donors (Lipinski definition) is 0. The number of nitrogens with zero attached hydrogens (tertiary/aromatic N) is 2. The van der Waals surface area contributed by atoms with E-state index in [2.05, 4.69) is 49.3 Å². The van der Waals surface area contributed by atoms with Gasteiger partial charge in [-0.15, -0.1) is 5.70 Å². The minimum absolute atomic E-state index is 0.419. The molecule has 17 heavy (non-hydrogen) atoms. The van der Waals surface area contributed by atoms with Crippen molar-refractivity contribution in [3.63, 3.8) is 0 Å². The molecule has 0 heterocycles. The van der Waals surface area contributed by atoms with Crippen molar-refractivity contribution in [2.24, 2.45) is 0 Å². The molecule has 0 atom stereocenters. The molecule has 0 spiro atoms. The van der Waals surface area contributed by atoms with Crippen molar-refractivity contribution >= 4 is 10.2 Å². The molecule has 102 valence electrons. The summed E-state index contributed by atoms with van der Waals surface area (Å²) in [5, 5.41) is 0. The molecule has 0 aromatic rings. The zero-order valence-corrected chi connectivity index (χ0v) is 14.3. The van der Waals surface area contributed by atoms with Gasteiger partial charge in [-0.05, 0) is 26.2 Å². The van der Waals surface area contributed by atoms with Crippen LogP contribution in [0.3, 0.4) is 0 Å². The molecule has 0 aromatic carbocycles. The monoisotopic (exact) mass is 258 g/mol. The summed E-state index contributed by atoms with van der Waals surface area (Å²) in [4.78, 5) is 4.94. The van der Waals surface area contributed by atoms with E-state index in [0.29, 0.717) is 6.17 Å². The first kappa shape index (κ1) is 16.8. The van der Waals surface area contributed by atoms with E-state index in [0.717, 1.165) is 49.6 Å². The van der Waals surface area contributed by atoms with Gasteiger partial charge >= 0.3 is 0 Å². The van der Waals surface area contributed by atoms with Crippen LogP contribution in [-0.4, -0.2) is 65.6 Å². The lowest BCUT2D eigenvalue weighted by Crippen LogP contribution is -2.51. The Labute approximate surface area is 110 Å². The van der Waals surface area contributed by atoms with E-state index < -0.39 is 0 Å². The molecule has 0 saturated carbocycles. The highest BCUT2D eigenvalue weighted by molar-refractivity contribution is 6.16. The van der Waals surface area contributed by atoms with Crippen LogP contribution >= 0.6 is 0 Å². The number of likely N-dealkylation sites (N-methyl/N-ethyl adjacent to an activating group) is 2. The first-order chi connectivity index (χ1) is 8.24. The zero-order chi connectivity index (χ0) is 13.1. The summed E-state index contributed by atoms with van der Waals surface area (Å²) in [5.41, 5.74) is 2.17. The Kier molecular flexibility index (Phi) is 10.9. The lowest BCUT2D eigenvalue weighted by Gasteiger charge is -2.37. The second-order valence-corrected chi connectivity index (χ2v) is 4.70. The van der Waals surface area contributed by atoms with Gasteiger partial charge in [0.15, 0.2) is 0 Å². The van der Waals surface area contributed by atoms with Gasteiger partial charge in [-0.3, -0.25) is 9.80 Å². The average molecular weight is 258 g/mol. The summed E-state index contributed by atoms with van der Waals surface area (Å²) in [6.45, 7) is 14.8. The normalized spacial score (nSPS) is 12.6. The maximum Gasteiger partial charge on any atom is 0.0863 e. The number of hydrogen-bond acceptors (Lipinski definition) is 3. The van der Waals surface area contributed by atoms with Gasteiger partial charge in [0.2, 0.25) is 0 Å². The second-order valence-electron chi connectivity index (χ2n) is 4.03. The van der Waals surface area contributed by atoms with Crippen LogP contribution in [-0.2, 0) is 4.74 Å². The van der Waals surface area contributed by atoms with Crippen LogP contribution in [0.15, 0.2) is 11.8 Å². The number of rotatable bonds is 10. The lowest BCUT2D eigenvalue weighted by atomic mass is 10.3. The molecule has 0 N–H and O–H groups in total. The fourth-order valence-corrected chi connectivity index (χ4v) is 2.26. The fourth-order valence-electron chi connectivity index (χ4n) is 2.07. The predicted octanol–water partition coefficient (Wildman–Crippen LogP) is 0.892. The molecule has 0 aliphatic heterocycles. The molecule has 0 amide bonds. The first-order valence-electron chi connectivity index (χ1n) is 6.91. The molecule has 0 aromatic heterocycles. The first-order valence-corrected chi connectivity index (χ1v) is 8.07. The van der Waals surface area contributed by atoms with Crippen LogP contribution < -0.4 is 0 Å². The van der Waals surface area contributed by atoms with Crippen LogP contribution in [0.1, 0.15) is 27.7 Å². The molecular formula is C13H30N2OSi. The van der Waals surface area contributed by atoms with E-state index in [1.807, 2.05) is 0 Å². The SMILES string of the molecule is CCN(CC)C(COCC=C[SiH3])N(CC)CC. The van der Waals surface area contributed by atoms with Crippen LogP contribution in [0.5, 0.6) is 0 Å². The van der Waals surface area contributed by atoms with Crippen molar-refractivity contribution in [3.8, 4) is 0 Å². The summed E-state index contributed by atoms with van der Waals surface area (Å²) >= 11 is 0. The minimum atomic E-state index is 0.419. The van der Waals surface area contributed by atoms with Crippen molar-refractivity contribution in [2.45, 2.75) is 33.9 Å². The Morgan fingerprint density at radius 3 is 1.82 bits per heavy atom. The molecular weight excluding hydrogens is 228 g/mol. The van der Waals surface area contributed by atoms with Gasteiger partial charge in [-0.1, -0.05) is 33.8 Å². The summed E-state index contributed by atoms with van der Waals surface area (Å²) in [7, 11) is 1.12. The Hall–Kier alpha value is -0.163. The standard InChI is InChI=1S/C13H30N2OSi/c1-5-14(6-2)13(15(7-3)8-4)12-16-10-9-11-17/h9,11,13H,5-8,10,12H2,1-4,17H3. The summed E-state index contributed by atoms with van der Waals surface area (Å²) in [6.07, 6.45) is 2.54. The van der Waals surface area contributed by atoms with Gasteiger partial charge in [0.05, 0.1) is 19.4 Å². The molecule has 3 nitrogen and oxygen atoms in total. The Balaban J connectivity index is 4.37. The molecule has 0 aliphatic carbocycles. The Bertz CT molecular complexity index is 180. The van der Waals surface area contributed by atoms with E-state index in [1.54, 1.807) is 0 Å². The zero-order valence-electron chi connectivity index (χ0n) is 12.3. The summed E-state index contributed by atoms with van der Waals surface area (Å²) in [6, 6.07) is 0. The Morgan fingerprint density at radius 2 is 1.47 bits per heavy atom. The Morgan fingerprint density at radius 1 is 1.00 bits per heavy atom. The van der Waals surface area contributed by atoms with Crippen molar-refractivity contribution in [1.82, 2.24) is 9.80 Å². The topological polar surface area (TPSA) is 15.7 Å². The maximum absolute atomic E-state index is 5.76. The van der Waals surface area contributed by atoms with Gasteiger partial charge in [0, 0.05) is 10.2 Å². The van der Waals surface area contributed by atoms with E-state index >= 15 is 0 Å². The lowest BCUT2D eigenvalue weighted by molar-refractivity contribution is -0.0113. The van der Waals surface area contributed by atoms with E-state index in [1.165, 1.54) is 0 Å². The van der Waals surface area contributed by atoms with Gasteiger partial charge in [0.1, 0.15) is 0 Å². The van der Waals surface area contributed by atoms with Crippen molar-refractivity contribution in [3.05, 3.63) is 11.8 Å². The summed E-state index contributed by atoms with van der Waals surface area (Å²) in [5.74, 6) is 0. The molecule has 0 radical (unpaired) electrons. The summed E-state index contributed by atoms with van der Waals surface area (Å²) < 4.78 is 5.76. The predicted molar refractivity (Wildman–Crippen MR) is 79.5 cm³/mol. The molecule has 0 fully saturated rings. The minimum Gasteiger partial charge on any atom is -0.374 e. The average Bonchev–Trinajstić information content (AvgIpc) is 2.36. The van der Waals surface area contributed by atoms with Gasteiger partial charge in [-0.2, -0.15) is 0 Å². The molecule has 0 unspecified atom stereocenters. The highest BCUT2D eigenvalue weighted by atomic mass is 28.1. The van der Waals surface area contributed by atoms with Crippen LogP contribution in [0.25, 0.3) is 0 Å². The molecule has 0 aliphatic rings. The largest absolute Gasteiger partial charge is 0.374 e. The highest BCUT2D eigenvalue weighted by Gasteiger charge is 2.20. The third-order valence-electron chi connectivity index (χ3n) is 3.18. The number of ether oxygens (including phenoxy) is 1. The quantitative estimate of drug-likeness (QED) is 0.329. The van der Waals surface area contributed by atoms with Crippen molar-refractivity contribution in [1.29, 1.82) is 0 Å².